The Kier molecular flexibility index (Phi) is 6.46. The lowest BCUT2D eigenvalue weighted by molar-refractivity contribution is 0.0948. The van der Waals surface area contributed by atoms with E-state index >= 15 is 0 Å². The number of benzene rings is 2. The van der Waals surface area contributed by atoms with Crippen molar-refractivity contribution in [2.75, 3.05) is 11.9 Å². The van der Waals surface area contributed by atoms with E-state index in [1.807, 2.05) is 30.3 Å². The normalized spacial score (nSPS) is 10.3. The SMILES string of the molecule is O=C(NCCCc1ccccc1)c1cccc(C(=O)Nc2ccc(F)cc2)n1. The first kappa shape index (κ1) is 19.2. The molecule has 0 unspecified atom stereocenters. The van der Waals surface area contributed by atoms with E-state index in [2.05, 4.69) is 15.6 Å². The number of carbonyl (C=O) groups excluding carboxylic acids is 2. The van der Waals surface area contributed by atoms with Crippen molar-refractivity contribution in [3.63, 3.8) is 0 Å². The number of nitrogens with zero attached hydrogens (tertiary/aromatic N) is 1. The molecule has 2 amide bonds. The summed E-state index contributed by atoms with van der Waals surface area (Å²) in [5.41, 5.74) is 1.95. The Hall–Kier alpha value is -3.54. The Morgan fingerprint density at radius 3 is 2.21 bits per heavy atom. The summed E-state index contributed by atoms with van der Waals surface area (Å²) in [6, 6.07) is 20.1. The highest BCUT2D eigenvalue weighted by molar-refractivity contribution is 6.03. The van der Waals surface area contributed by atoms with E-state index in [0.29, 0.717) is 12.2 Å². The van der Waals surface area contributed by atoms with Crippen LogP contribution in [0.1, 0.15) is 33.0 Å². The molecule has 2 N–H and O–H groups in total. The van der Waals surface area contributed by atoms with Crippen LogP contribution in [0.5, 0.6) is 0 Å². The molecule has 0 saturated carbocycles. The Morgan fingerprint density at radius 2 is 1.50 bits per heavy atom. The summed E-state index contributed by atoms with van der Waals surface area (Å²) in [6.07, 6.45) is 1.68. The summed E-state index contributed by atoms with van der Waals surface area (Å²) >= 11 is 0. The molecule has 1 aromatic heterocycles. The molecule has 6 heteroatoms. The van der Waals surface area contributed by atoms with E-state index in [-0.39, 0.29) is 23.1 Å². The number of aromatic nitrogens is 1. The smallest absolute Gasteiger partial charge is 0.274 e. The average molecular weight is 377 g/mol. The maximum Gasteiger partial charge on any atom is 0.274 e. The molecule has 0 spiro atoms. The van der Waals surface area contributed by atoms with Gasteiger partial charge in [0, 0.05) is 12.2 Å². The van der Waals surface area contributed by atoms with Gasteiger partial charge in [0.25, 0.3) is 11.8 Å². The van der Waals surface area contributed by atoms with Gasteiger partial charge >= 0.3 is 0 Å². The fraction of sp³-hybridized carbons (Fsp3) is 0.136. The molecular formula is C22H20FN3O2. The first-order chi connectivity index (χ1) is 13.6. The number of aryl methyl sites for hydroxylation is 1. The number of nitrogens with one attached hydrogen (secondary N) is 2. The molecule has 5 nitrogen and oxygen atoms in total. The lowest BCUT2D eigenvalue weighted by atomic mass is 10.1. The molecular weight excluding hydrogens is 357 g/mol. The van der Waals surface area contributed by atoms with Crippen LogP contribution in [-0.4, -0.2) is 23.3 Å². The van der Waals surface area contributed by atoms with Crippen molar-refractivity contribution in [2.24, 2.45) is 0 Å². The number of hydrogen-bond acceptors (Lipinski definition) is 3. The van der Waals surface area contributed by atoms with Gasteiger partial charge in [0.1, 0.15) is 17.2 Å². The van der Waals surface area contributed by atoms with Crippen LogP contribution >= 0.6 is 0 Å². The van der Waals surface area contributed by atoms with Crippen LogP contribution in [0.25, 0.3) is 0 Å². The van der Waals surface area contributed by atoms with Crippen LogP contribution in [0.15, 0.2) is 72.8 Å². The Labute approximate surface area is 162 Å². The average Bonchev–Trinajstić information content (AvgIpc) is 2.73. The van der Waals surface area contributed by atoms with Crippen LogP contribution in [0, 0.1) is 5.82 Å². The largest absolute Gasteiger partial charge is 0.351 e. The van der Waals surface area contributed by atoms with E-state index in [4.69, 9.17) is 0 Å². The number of halogens is 1. The third kappa shape index (κ3) is 5.48. The van der Waals surface area contributed by atoms with Gasteiger partial charge in [-0.25, -0.2) is 9.37 Å². The van der Waals surface area contributed by atoms with Gasteiger partial charge in [0.2, 0.25) is 0 Å². The van der Waals surface area contributed by atoms with Gasteiger partial charge in [0.15, 0.2) is 0 Å². The van der Waals surface area contributed by atoms with Gasteiger partial charge in [0.05, 0.1) is 0 Å². The zero-order valence-corrected chi connectivity index (χ0v) is 15.2. The lowest BCUT2D eigenvalue weighted by Crippen LogP contribution is -2.26. The van der Waals surface area contributed by atoms with Crippen molar-refractivity contribution in [2.45, 2.75) is 12.8 Å². The Bertz CT molecular complexity index is 944. The number of carbonyl (C=O) groups is 2. The summed E-state index contributed by atoms with van der Waals surface area (Å²) in [6.45, 7) is 0.515. The molecule has 0 fully saturated rings. The van der Waals surface area contributed by atoms with E-state index in [1.165, 1.54) is 35.9 Å². The first-order valence-electron chi connectivity index (χ1n) is 8.98. The third-order valence-corrected chi connectivity index (χ3v) is 4.09. The summed E-state index contributed by atoms with van der Waals surface area (Å²) < 4.78 is 12.9. The molecule has 142 valence electrons. The fourth-order valence-electron chi connectivity index (χ4n) is 2.65. The number of anilines is 1. The Morgan fingerprint density at radius 1 is 0.821 bits per heavy atom. The standard InChI is InChI=1S/C22H20FN3O2/c23-17-11-13-18(14-12-17)25-22(28)20-10-4-9-19(26-20)21(27)24-15-5-8-16-6-2-1-3-7-16/h1-4,6-7,9-14H,5,8,15H2,(H,24,27)(H,25,28). The van der Waals surface area contributed by atoms with Crippen molar-refractivity contribution in [3.8, 4) is 0 Å². The van der Waals surface area contributed by atoms with E-state index in [1.54, 1.807) is 12.1 Å². The van der Waals surface area contributed by atoms with Gasteiger partial charge < -0.3 is 10.6 Å². The molecule has 0 aliphatic heterocycles. The number of amides is 2. The topological polar surface area (TPSA) is 71.1 Å². The van der Waals surface area contributed by atoms with Gasteiger partial charge in [-0.3, -0.25) is 9.59 Å². The second kappa shape index (κ2) is 9.41. The minimum Gasteiger partial charge on any atom is -0.351 e. The van der Waals surface area contributed by atoms with Crippen LogP contribution in [-0.2, 0) is 6.42 Å². The van der Waals surface area contributed by atoms with Crippen molar-refractivity contribution >= 4 is 17.5 Å². The monoisotopic (exact) mass is 377 g/mol. The highest BCUT2D eigenvalue weighted by Crippen LogP contribution is 2.10. The number of rotatable bonds is 7. The minimum absolute atomic E-state index is 0.112. The van der Waals surface area contributed by atoms with Gasteiger partial charge in [-0.2, -0.15) is 0 Å². The molecule has 0 bridgehead atoms. The van der Waals surface area contributed by atoms with Crippen LogP contribution < -0.4 is 10.6 Å². The lowest BCUT2D eigenvalue weighted by Gasteiger charge is -2.07. The fourth-order valence-corrected chi connectivity index (χ4v) is 2.65. The van der Waals surface area contributed by atoms with Gasteiger partial charge in [-0.15, -0.1) is 0 Å². The van der Waals surface area contributed by atoms with E-state index in [0.717, 1.165) is 12.8 Å². The highest BCUT2D eigenvalue weighted by Gasteiger charge is 2.12. The predicted molar refractivity (Wildman–Crippen MR) is 106 cm³/mol. The van der Waals surface area contributed by atoms with Crippen LogP contribution in [0.2, 0.25) is 0 Å². The molecule has 0 saturated heterocycles. The zero-order valence-electron chi connectivity index (χ0n) is 15.2. The predicted octanol–water partition coefficient (Wildman–Crippen LogP) is 3.84. The highest BCUT2D eigenvalue weighted by atomic mass is 19.1. The van der Waals surface area contributed by atoms with Crippen molar-refractivity contribution < 1.29 is 14.0 Å². The molecule has 0 aliphatic rings. The Balaban J connectivity index is 1.53. The molecule has 28 heavy (non-hydrogen) atoms. The summed E-state index contributed by atoms with van der Waals surface area (Å²) in [5.74, 6) is -1.18. The molecule has 0 radical (unpaired) electrons. The molecule has 3 aromatic rings. The minimum atomic E-state index is -0.467. The third-order valence-electron chi connectivity index (χ3n) is 4.09. The quantitative estimate of drug-likeness (QED) is 0.615. The van der Waals surface area contributed by atoms with Crippen molar-refractivity contribution in [3.05, 3.63) is 95.6 Å². The maximum absolute atomic E-state index is 12.9. The molecule has 1 heterocycles. The zero-order chi connectivity index (χ0) is 19.8. The van der Waals surface area contributed by atoms with E-state index in [9.17, 15) is 14.0 Å². The van der Waals surface area contributed by atoms with Crippen LogP contribution in [0.4, 0.5) is 10.1 Å². The molecule has 0 atom stereocenters. The second-order valence-electron chi connectivity index (χ2n) is 6.21. The molecule has 0 aliphatic carbocycles. The molecule has 2 aromatic carbocycles. The van der Waals surface area contributed by atoms with E-state index < -0.39 is 5.91 Å². The summed E-state index contributed by atoms with van der Waals surface area (Å²) in [4.78, 5) is 28.7. The molecule has 3 rings (SSSR count). The van der Waals surface area contributed by atoms with Gasteiger partial charge in [-0.1, -0.05) is 36.4 Å². The number of hydrogen-bond donors (Lipinski definition) is 2. The first-order valence-corrected chi connectivity index (χ1v) is 8.98. The van der Waals surface area contributed by atoms with Crippen LogP contribution in [0.3, 0.4) is 0 Å². The van der Waals surface area contributed by atoms with Crippen molar-refractivity contribution in [1.82, 2.24) is 10.3 Å². The maximum atomic E-state index is 12.9. The summed E-state index contributed by atoms with van der Waals surface area (Å²) in [5, 5.41) is 5.44. The second-order valence-corrected chi connectivity index (χ2v) is 6.21. The van der Waals surface area contributed by atoms with Gasteiger partial charge in [-0.05, 0) is 54.8 Å². The summed E-state index contributed by atoms with van der Waals surface area (Å²) in [7, 11) is 0. The number of pyridine rings is 1. The van der Waals surface area contributed by atoms with Crippen molar-refractivity contribution in [1.29, 1.82) is 0 Å².